The van der Waals surface area contributed by atoms with Crippen LogP contribution in [0.25, 0.3) is 0 Å². The quantitative estimate of drug-likeness (QED) is 0.400. The molecule has 2 aromatic carbocycles. The molecule has 0 saturated heterocycles. The number of aromatic nitrogens is 2. The molecule has 8 heteroatoms. The molecule has 1 aromatic heterocycles. The molecule has 1 unspecified atom stereocenters. The fourth-order valence-corrected chi connectivity index (χ4v) is 3.21. The van der Waals surface area contributed by atoms with E-state index >= 15 is 0 Å². The smallest absolute Gasteiger partial charge is 0.353 e. The zero-order chi connectivity index (χ0) is 21.3. The number of nitrogens with zero attached hydrogens (tertiary/aromatic N) is 4. The van der Waals surface area contributed by atoms with Crippen LogP contribution in [0.5, 0.6) is 0 Å². The second-order valence-electron chi connectivity index (χ2n) is 6.98. The lowest BCUT2D eigenvalue weighted by molar-refractivity contribution is -0.383. The number of nitro groups is 1. The summed E-state index contributed by atoms with van der Waals surface area (Å²) < 4.78 is 5.13. The third-order valence-electron chi connectivity index (χ3n) is 4.52. The van der Waals surface area contributed by atoms with E-state index in [4.69, 9.17) is 4.74 Å². The van der Waals surface area contributed by atoms with Crippen molar-refractivity contribution in [1.29, 1.82) is 0 Å². The highest BCUT2D eigenvalue weighted by atomic mass is 16.6. The van der Waals surface area contributed by atoms with Crippen molar-refractivity contribution in [1.82, 2.24) is 9.97 Å². The van der Waals surface area contributed by atoms with E-state index in [1.54, 1.807) is 7.11 Å². The molecule has 1 N–H and O–H groups in total. The minimum absolute atomic E-state index is 0.145. The Balaban J connectivity index is 2.01. The van der Waals surface area contributed by atoms with Crippen molar-refractivity contribution in [2.75, 3.05) is 23.9 Å². The molecule has 8 nitrogen and oxygen atoms in total. The zero-order valence-corrected chi connectivity index (χ0v) is 17.1. The van der Waals surface area contributed by atoms with Gasteiger partial charge in [0.1, 0.15) is 6.33 Å². The molecule has 30 heavy (non-hydrogen) atoms. The van der Waals surface area contributed by atoms with Gasteiger partial charge in [-0.1, -0.05) is 60.7 Å². The maximum absolute atomic E-state index is 12.0. The van der Waals surface area contributed by atoms with Crippen LogP contribution in [0.4, 0.5) is 17.3 Å². The number of ether oxygens (including phenoxy) is 1. The monoisotopic (exact) mass is 407 g/mol. The van der Waals surface area contributed by atoms with Crippen LogP contribution in [-0.4, -0.2) is 34.6 Å². The largest absolute Gasteiger partial charge is 0.383 e. The molecule has 0 aliphatic rings. The first kappa shape index (κ1) is 21.2. The fourth-order valence-electron chi connectivity index (χ4n) is 3.21. The van der Waals surface area contributed by atoms with Crippen LogP contribution in [-0.2, 0) is 17.8 Å². The van der Waals surface area contributed by atoms with Crippen molar-refractivity contribution in [2.45, 2.75) is 26.1 Å². The number of hydrogen-bond acceptors (Lipinski definition) is 7. The molecule has 0 aliphatic carbocycles. The standard InChI is InChI=1S/C22H25N5O3/c1-17(15-30-2)25-21-20(27(28)29)22(24-16-23-21)26(13-18-9-5-3-6-10-18)14-19-11-7-4-8-12-19/h3-12,16-17H,13-15H2,1-2H3,(H,23,24,25). The van der Waals surface area contributed by atoms with Gasteiger partial charge in [0.15, 0.2) is 0 Å². The summed E-state index contributed by atoms with van der Waals surface area (Å²) in [6, 6.07) is 19.5. The molecule has 1 atom stereocenters. The lowest BCUT2D eigenvalue weighted by atomic mass is 10.1. The molecule has 0 aliphatic heterocycles. The van der Waals surface area contributed by atoms with E-state index in [9.17, 15) is 10.1 Å². The Morgan fingerprint density at radius 1 is 1.03 bits per heavy atom. The predicted octanol–water partition coefficient (Wildman–Crippen LogP) is 4.04. The molecule has 156 valence electrons. The molecule has 0 saturated carbocycles. The van der Waals surface area contributed by atoms with Crippen LogP contribution in [0.15, 0.2) is 67.0 Å². The molecular weight excluding hydrogens is 382 g/mol. The Labute approximate surface area is 175 Å². The molecule has 1 heterocycles. The topological polar surface area (TPSA) is 93.4 Å². The van der Waals surface area contributed by atoms with E-state index in [1.165, 1.54) is 6.33 Å². The third-order valence-corrected chi connectivity index (χ3v) is 4.52. The summed E-state index contributed by atoms with van der Waals surface area (Å²) in [7, 11) is 1.58. The van der Waals surface area contributed by atoms with Gasteiger partial charge in [0.05, 0.1) is 11.5 Å². The van der Waals surface area contributed by atoms with Crippen molar-refractivity contribution in [2.24, 2.45) is 0 Å². The van der Waals surface area contributed by atoms with Crippen LogP contribution in [0.1, 0.15) is 18.1 Å². The third kappa shape index (κ3) is 5.51. The second kappa shape index (κ2) is 10.3. The van der Waals surface area contributed by atoms with Crippen molar-refractivity contribution in [3.05, 3.63) is 88.2 Å². The SMILES string of the molecule is COCC(C)Nc1ncnc(N(Cc2ccccc2)Cc2ccccc2)c1[N+](=O)[O-]. The van der Waals surface area contributed by atoms with Gasteiger partial charge < -0.3 is 15.0 Å². The molecule has 0 radical (unpaired) electrons. The van der Waals surface area contributed by atoms with Crippen LogP contribution in [0.2, 0.25) is 0 Å². The molecular formula is C22H25N5O3. The van der Waals surface area contributed by atoms with Crippen LogP contribution in [0, 0.1) is 10.1 Å². The number of hydrogen-bond donors (Lipinski definition) is 1. The van der Waals surface area contributed by atoms with Crippen LogP contribution >= 0.6 is 0 Å². The minimum Gasteiger partial charge on any atom is -0.383 e. The lowest BCUT2D eigenvalue weighted by Gasteiger charge is -2.24. The number of methoxy groups -OCH3 is 1. The van der Waals surface area contributed by atoms with Gasteiger partial charge in [-0.25, -0.2) is 9.97 Å². The van der Waals surface area contributed by atoms with Gasteiger partial charge in [-0.15, -0.1) is 0 Å². The molecule has 0 bridgehead atoms. The minimum atomic E-state index is -0.430. The number of nitrogens with one attached hydrogen (secondary N) is 1. The van der Waals surface area contributed by atoms with Crippen molar-refractivity contribution in [3.8, 4) is 0 Å². The van der Waals surface area contributed by atoms with Crippen molar-refractivity contribution in [3.63, 3.8) is 0 Å². The summed E-state index contributed by atoms with van der Waals surface area (Å²) in [6.07, 6.45) is 1.35. The Morgan fingerprint density at radius 3 is 2.10 bits per heavy atom. The Morgan fingerprint density at radius 2 is 1.60 bits per heavy atom. The molecule has 3 rings (SSSR count). The first-order valence-corrected chi connectivity index (χ1v) is 9.66. The first-order chi connectivity index (χ1) is 14.6. The summed E-state index contributed by atoms with van der Waals surface area (Å²) in [5, 5.41) is 15.1. The van der Waals surface area contributed by atoms with E-state index in [-0.39, 0.29) is 23.4 Å². The maximum atomic E-state index is 12.0. The van der Waals surface area contributed by atoms with Gasteiger partial charge in [-0.3, -0.25) is 10.1 Å². The van der Waals surface area contributed by atoms with E-state index in [0.717, 1.165) is 11.1 Å². The molecule has 0 fully saturated rings. The van der Waals surface area contributed by atoms with Gasteiger partial charge in [0, 0.05) is 26.2 Å². The molecule has 0 spiro atoms. The normalized spacial score (nSPS) is 11.7. The summed E-state index contributed by atoms with van der Waals surface area (Å²) in [6.45, 7) is 3.22. The van der Waals surface area contributed by atoms with E-state index in [0.29, 0.717) is 19.7 Å². The van der Waals surface area contributed by atoms with Gasteiger partial charge in [0.25, 0.3) is 0 Å². The average molecular weight is 407 g/mol. The first-order valence-electron chi connectivity index (χ1n) is 9.66. The average Bonchev–Trinajstić information content (AvgIpc) is 2.74. The lowest BCUT2D eigenvalue weighted by Crippen LogP contribution is -2.26. The summed E-state index contributed by atoms with van der Waals surface area (Å²) in [4.78, 5) is 21.9. The predicted molar refractivity (Wildman–Crippen MR) is 116 cm³/mol. The van der Waals surface area contributed by atoms with Gasteiger partial charge in [-0.2, -0.15) is 0 Å². The van der Waals surface area contributed by atoms with E-state index < -0.39 is 4.92 Å². The van der Waals surface area contributed by atoms with Crippen molar-refractivity contribution < 1.29 is 9.66 Å². The summed E-state index contributed by atoms with van der Waals surface area (Å²) >= 11 is 0. The number of rotatable bonds is 10. The molecule has 0 amide bonds. The highest BCUT2D eigenvalue weighted by Crippen LogP contribution is 2.33. The van der Waals surface area contributed by atoms with Gasteiger partial charge >= 0.3 is 5.69 Å². The highest BCUT2D eigenvalue weighted by Gasteiger charge is 2.28. The van der Waals surface area contributed by atoms with E-state index in [1.807, 2.05) is 72.5 Å². The number of benzene rings is 2. The highest BCUT2D eigenvalue weighted by molar-refractivity contribution is 5.70. The second-order valence-corrected chi connectivity index (χ2v) is 6.98. The van der Waals surface area contributed by atoms with Crippen molar-refractivity contribution >= 4 is 17.3 Å². The summed E-state index contributed by atoms with van der Waals surface area (Å²) in [5.41, 5.74) is 1.92. The van der Waals surface area contributed by atoms with E-state index in [2.05, 4.69) is 15.3 Å². The van der Waals surface area contributed by atoms with Crippen LogP contribution < -0.4 is 10.2 Å². The fraction of sp³-hybridized carbons (Fsp3) is 0.273. The zero-order valence-electron chi connectivity index (χ0n) is 17.1. The maximum Gasteiger partial charge on any atom is 0.353 e. The number of anilines is 2. The Hall–Kier alpha value is -3.52. The van der Waals surface area contributed by atoms with Crippen LogP contribution in [0.3, 0.4) is 0 Å². The van der Waals surface area contributed by atoms with Gasteiger partial charge in [-0.05, 0) is 18.1 Å². The van der Waals surface area contributed by atoms with Gasteiger partial charge in [0.2, 0.25) is 11.6 Å². The Bertz CT molecular complexity index is 912. The molecule has 3 aromatic rings. The summed E-state index contributed by atoms with van der Waals surface area (Å²) in [5.74, 6) is 0.454. The Kier molecular flexibility index (Phi) is 7.29.